The highest BCUT2D eigenvalue weighted by atomic mass is 32.1. The second kappa shape index (κ2) is 3.28. The zero-order chi connectivity index (χ0) is 7.56. The van der Waals surface area contributed by atoms with Crippen LogP contribution in [-0.2, 0) is 4.79 Å². The molecule has 1 aliphatic rings. The number of hydrogen-bond acceptors (Lipinski definition) is 2. The van der Waals surface area contributed by atoms with Crippen LogP contribution in [0.15, 0.2) is 0 Å². The highest BCUT2D eigenvalue weighted by Gasteiger charge is 2.23. The molecule has 1 aliphatic heterocycles. The molecule has 3 heteroatoms. The molecule has 1 amide bonds. The quantitative estimate of drug-likeness (QED) is 0.602. The Kier molecular flexibility index (Phi) is 2.60. The monoisotopic (exact) mass is 159 g/mol. The third-order valence-electron chi connectivity index (χ3n) is 1.83. The van der Waals surface area contributed by atoms with Crippen molar-refractivity contribution in [1.82, 2.24) is 4.90 Å². The van der Waals surface area contributed by atoms with Crippen molar-refractivity contribution < 1.29 is 4.79 Å². The lowest BCUT2D eigenvalue weighted by Gasteiger charge is -2.21. The summed E-state index contributed by atoms with van der Waals surface area (Å²) in [5, 5.41) is 0.148. The molecule has 0 saturated carbocycles. The fourth-order valence-electron chi connectivity index (χ4n) is 1.20. The van der Waals surface area contributed by atoms with Crippen LogP contribution in [0, 0.1) is 0 Å². The van der Waals surface area contributed by atoms with Gasteiger partial charge in [-0.1, -0.05) is 6.92 Å². The molecule has 0 aromatic rings. The summed E-state index contributed by atoms with van der Waals surface area (Å²) in [5.74, 6) is 0.266. The van der Waals surface area contributed by atoms with Crippen LogP contribution in [0.2, 0.25) is 0 Å². The van der Waals surface area contributed by atoms with Crippen LogP contribution in [0.1, 0.15) is 26.2 Å². The van der Waals surface area contributed by atoms with E-state index in [0.29, 0.717) is 0 Å². The van der Waals surface area contributed by atoms with E-state index in [1.807, 2.05) is 11.8 Å². The minimum atomic E-state index is 0.148. The van der Waals surface area contributed by atoms with Gasteiger partial charge < -0.3 is 4.90 Å². The minimum absolute atomic E-state index is 0.148. The third kappa shape index (κ3) is 1.45. The fourth-order valence-corrected chi connectivity index (χ4v) is 1.45. The summed E-state index contributed by atoms with van der Waals surface area (Å²) in [6.45, 7) is 2.95. The minimum Gasteiger partial charge on any atom is -0.331 e. The van der Waals surface area contributed by atoms with Crippen LogP contribution in [-0.4, -0.2) is 22.7 Å². The molecule has 10 heavy (non-hydrogen) atoms. The molecule has 1 saturated heterocycles. The first-order chi connectivity index (χ1) is 4.75. The first-order valence-electron chi connectivity index (χ1n) is 3.73. The van der Waals surface area contributed by atoms with Crippen LogP contribution >= 0.6 is 12.6 Å². The Hall–Kier alpha value is -0.180. The predicted molar refractivity (Wildman–Crippen MR) is 44.0 cm³/mol. The Morgan fingerprint density at radius 3 is 2.90 bits per heavy atom. The van der Waals surface area contributed by atoms with Crippen molar-refractivity contribution in [1.29, 1.82) is 0 Å². The van der Waals surface area contributed by atoms with Gasteiger partial charge in [-0.15, -0.1) is 0 Å². The summed E-state index contributed by atoms with van der Waals surface area (Å²) >= 11 is 4.29. The molecule has 1 fully saturated rings. The smallest absolute Gasteiger partial charge is 0.223 e. The van der Waals surface area contributed by atoms with Crippen LogP contribution in [0.5, 0.6) is 0 Å². The van der Waals surface area contributed by atoms with Crippen molar-refractivity contribution in [3.05, 3.63) is 0 Å². The van der Waals surface area contributed by atoms with Crippen LogP contribution in [0.4, 0.5) is 0 Å². The zero-order valence-corrected chi connectivity index (χ0v) is 7.10. The maximum absolute atomic E-state index is 11.1. The number of carbonyl (C=O) groups is 1. The molecule has 0 aliphatic carbocycles. The van der Waals surface area contributed by atoms with E-state index in [-0.39, 0.29) is 11.3 Å². The van der Waals surface area contributed by atoms with E-state index in [4.69, 9.17) is 0 Å². The number of nitrogens with zero attached hydrogens (tertiary/aromatic N) is 1. The van der Waals surface area contributed by atoms with Gasteiger partial charge in [-0.25, -0.2) is 0 Å². The van der Waals surface area contributed by atoms with E-state index in [2.05, 4.69) is 12.6 Å². The van der Waals surface area contributed by atoms with Gasteiger partial charge in [-0.3, -0.25) is 4.79 Å². The van der Waals surface area contributed by atoms with E-state index in [0.717, 1.165) is 25.8 Å². The van der Waals surface area contributed by atoms with E-state index in [1.165, 1.54) is 0 Å². The number of likely N-dealkylation sites (tertiary alicyclic amines) is 1. The largest absolute Gasteiger partial charge is 0.331 e. The van der Waals surface area contributed by atoms with Crippen molar-refractivity contribution in [2.75, 3.05) is 6.54 Å². The van der Waals surface area contributed by atoms with E-state index in [1.54, 1.807) is 0 Å². The molecular weight excluding hydrogens is 146 g/mol. The Labute approximate surface area is 67.0 Å². The molecular formula is C7H13NOS. The van der Waals surface area contributed by atoms with E-state index < -0.39 is 0 Å². The summed E-state index contributed by atoms with van der Waals surface area (Å²) in [4.78, 5) is 12.9. The fraction of sp³-hybridized carbons (Fsp3) is 0.857. The number of amides is 1. The van der Waals surface area contributed by atoms with Crippen molar-refractivity contribution in [2.45, 2.75) is 31.6 Å². The molecule has 1 rings (SSSR count). The summed E-state index contributed by atoms with van der Waals surface area (Å²) in [7, 11) is 0. The Bertz CT molecular complexity index is 138. The van der Waals surface area contributed by atoms with Gasteiger partial charge in [0.05, 0.1) is 5.37 Å². The third-order valence-corrected chi connectivity index (χ3v) is 2.48. The lowest BCUT2D eigenvalue weighted by Crippen LogP contribution is -2.31. The Morgan fingerprint density at radius 2 is 2.50 bits per heavy atom. The number of thiol groups is 1. The Morgan fingerprint density at radius 1 is 1.80 bits per heavy atom. The second-order valence-electron chi connectivity index (χ2n) is 2.58. The summed E-state index contributed by atoms with van der Waals surface area (Å²) in [5.41, 5.74) is 0. The molecule has 1 unspecified atom stereocenters. The average Bonchev–Trinajstić information content (AvgIpc) is 2.34. The van der Waals surface area contributed by atoms with E-state index >= 15 is 0 Å². The summed E-state index contributed by atoms with van der Waals surface area (Å²) in [6, 6.07) is 0. The summed E-state index contributed by atoms with van der Waals surface area (Å²) in [6.07, 6.45) is 2.67. The zero-order valence-electron chi connectivity index (χ0n) is 6.21. The van der Waals surface area contributed by atoms with Gasteiger partial charge in [0.2, 0.25) is 5.91 Å². The van der Waals surface area contributed by atoms with Crippen molar-refractivity contribution in [3.63, 3.8) is 0 Å². The van der Waals surface area contributed by atoms with Crippen LogP contribution < -0.4 is 0 Å². The second-order valence-corrected chi connectivity index (χ2v) is 3.18. The van der Waals surface area contributed by atoms with Gasteiger partial charge in [0.1, 0.15) is 0 Å². The molecule has 0 aromatic heterocycles. The molecule has 1 heterocycles. The lowest BCUT2D eigenvalue weighted by molar-refractivity contribution is -0.128. The van der Waals surface area contributed by atoms with Crippen LogP contribution in [0.3, 0.4) is 0 Å². The first kappa shape index (κ1) is 7.92. The molecule has 0 bridgehead atoms. The first-order valence-corrected chi connectivity index (χ1v) is 4.25. The van der Waals surface area contributed by atoms with Gasteiger partial charge >= 0.3 is 0 Å². The van der Waals surface area contributed by atoms with Gasteiger partial charge in [0.15, 0.2) is 0 Å². The predicted octanol–water partition coefficient (Wildman–Crippen LogP) is 1.27. The topological polar surface area (TPSA) is 20.3 Å². The average molecular weight is 159 g/mol. The maximum atomic E-state index is 11.1. The Balaban J connectivity index is 2.46. The van der Waals surface area contributed by atoms with Crippen molar-refractivity contribution in [2.24, 2.45) is 0 Å². The van der Waals surface area contributed by atoms with Crippen molar-refractivity contribution >= 4 is 18.5 Å². The standard InChI is InChI=1S/C7H13NOS/c1-2-7(10)8-5-3-4-6(8)9/h7,10H,2-5H2,1H3. The maximum Gasteiger partial charge on any atom is 0.223 e. The molecule has 58 valence electrons. The van der Waals surface area contributed by atoms with Gasteiger partial charge in [0, 0.05) is 13.0 Å². The number of carbonyl (C=O) groups excluding carboxylic acids is 1. The number of hydrogen-bond donors (Lipinski definition) is 1. The SMILES string of the molecule is CCC(S)N1CCCC1=O. The van der Waals surface area contributed by atoms with Gasteiger partial charge in [-0.05, 0) is 12.8 Å². The highest BCUT2D eigenvalue weighted by molar-refractivity contribution is 7.80. The molecule has 0 radical (unpaired) electrons. The lowest BCUT2D eigenvalue weighted by atomic mass is 10.4. The molecule has 0 N–H and O–H groups in total. The van der Waals surface area contributed by atoms with Crippen molar-refractivity contribution in [3.8, 4) is 0 Å². The highest BCUT2D eigenvalue weighted by Crippen LogP contribution is 2.17. The molecule has 2 nitrogen and oxygen atoms in total. The van der Waals surface area contributed by atoms with Crippen LogP contribution in [0.25, 0.3) is 0 Å². The summed E-state index contributed by atoms with van der Waals surface area (Å²) < 4.78 is 0. The van der Waals surface area contributed by atoms with Gasteiger partial charge in [-0.2, -0.15) is 12.6 Å². The molecule has 0 aromatic carbocycles. The molecule has 1 atom stereocenters. The van der Waals surface area contributed by atoms with E-state index in [9.17, 15) is 4.79 Å². The van der Waals surface area contributed by atoms with Gasteiger partial charge in [0.25, 0.3) is 0 Å². The molecule has 0 spiro atoms. The number of rotatable bonds is 2. The normalized spacial score (nSPS) is 21.8.